The summed E-state index contributed by atoms with van der Waals surface area (Å²) in [4.78, 5) is 12.2. The van der Waals surface area contributed by atoms with Crippen molar-refractivity contribution in [2.75, 3.05) is 12.8 Å². The molecule has 0 aromatic heterocycles. The smallest absolute Gasteiger partial charge is 0.251 e. The van der Waals surface area contributed by atoms with Crippen LogP contribution in [-0.2, 0) is 9.84 Å². The highest BCUT2D eigenvalue weighted by Gasteiger charge is 2.12. The molecule has 6 heteroatoms. The molecule has 0 fully saturated rings. The van der Waals surface area contributed by atoms with E-state index in [-0.39, 0.29) is 15.6 Å². The number of carbonyl (C=O) groups excluding carboxylic acids is 1. The first-order valence-electron chi connectivity index (χ1n) is 5.57. The SMILES string of the molecule is CCC(Br)CNC(=O)c1cccc(S(C)(=O)=O)c1. The van der Waals surface area contributed by atoms with Crippen LogP contribution in [0.1, 0.15) is 23.7 Å². The van der Waals surface area contributed by atoms with Crippen molar-refractivity contribution in [1.82, 2.24) is 5.32 Å². The van der Waals surface area contributed by atoms with Gasteiger partial charge in [-0.2, -0.15) is 0 Å². The summed E-state index contributed by atoms with van der Waals surface area (Å²) in [6.45, 7) is 2.52. The first kappa shape index (κ1) is 15.2. The first-order chi connectivity index (χ1) is 8.34. The highest BCUT2D eigenvalue weighted by atomic mass is 79.9. The third-order valence-electron chi connectivity index (χ3n) is 2.45. The second kappa shape index (κ2) is 6.33. The first-order valence-corrected chi connectivity index (χ1v) is 8.37. The van der Waals surface area contributed by atoms with Gasteiger partial charge in [0.1, 0.15) is 0 Å². The van der Waals surface area contributed by atoms with Gasteiger partial charge < -0.3 is 5.32 Å². The standard InChI is InChI=1S/C12H16BrNO3S/c1-3-10(13)8-14-12(15)9-5-4-6-11(7-9)18(2,16)17/h4-7,10H,3,8H2,1-2H3,(H,14,15). The van der Waals surface area contributed by atoms with Crippen LogP contribution in [0.2, 0.25) is 0 Å². The number of amides is 1. The number of sulfone groups is 1. The van der Waals surface area contributed by atoms with Gasteiger partial charge in [0.05, 0.1) is 4.90 Å². The molecular formula is C12H16BrNO3S. The number of rotatable bonds is 5. The summed E-state index contributed by atoms with van der Waals surface area (Å²) in [6, 6.07) is 6.03. The predicted octanol–water partition coefficient (Wildman–Crippen LogP) is 1.99. The quantitative estimate of drug-likeness (QED) is 0.838. The van der Waals surface area contributed by atoms with Crippen LogP contribution in [0, 0.1) is 0 Å². The van der Waals surface area contributed by atoms with Crippen LogP contribution in [-0.4, -0.2) is 32.0 Å². The number of alkyl halides is 1. The minimum absolute atomic E-state index is 0.154. The summed E-state index contributed by atoms with van der Waals surface area (Å²) in [5.74, 6) is -0.265. The largest absolute Gasteiger partial charge is 0.351 e. The lowest BCUT2D eigenvalue weighted by atomic mass is 10.2. The molecule has 18 heavy (non-hydrogen) atoms. The van der Waals surface area contributed by atoms with E-state index in [1.54, 1.807) is 12.1 Å². The summed E-state index contributed by atoms with van der Waals surface area (Å²) >= 11 is 3.41. The Balaban J connectivity index is 2.81. The molecule has 100 valence electrons. The van der Waals surface area contributed by atoms with Gasteiger partial charge in [0.15, 0.2) is 9.84 Å². The molecule has 0 aliphatic heterocycles. The molecule has 1 aromatic carbocycles. The highest BCUT2D eigenvalue weighted by Crippen LogP contribution is 2.11. The number of benzene rings is 1. The number of nitrogens with one attached hydrogen (secondary N) is 1. The van der Waals surface area contributed by atoms with E-state index in [4.69, 9.17) is 0 Å². The maximum atomic E-state index is 11.8. The van der Waals surface area contributed by atoms with E-state index in [2.05, 4.69) is 21.2 Å². The van der Waals surface area contributed by atoms with Gasteiger partial charge in [0.2, 0.25) is 0 Å². The molecular weight excluding hydrogens is 318 g/mol. The summed E-state index contributed by atoms with van der Waals surface area (Å²) < 4.78 is 22.8. The lowest BCUT2D eigenvalue weighted by Gasteiger charge is -2.09. The Labute approximate surface area is 116 Å². The molecule has 0 aliphatic rings. The van der Waals surface area contributed by atoms with E-state index in [1.807, 2.05) is 6.92 Å². The van der Waals surface area contributed by atoms with Crippen molar-refractivity contribution in [1.29, 1.82) is 0 Å². The van der Waals surface area contributed by atoms with Crippen LogP contribution in [0.15, 0.2) is 29.2 Å². The van der Waals surface area contributed by atoms with Crippen LogP contribution in [0.4, 0.5) is 0 Å². The van der Waals surface area contributed by atoms with Gasteiger partial charge in [0, 0.05) is 23.2 Å². The minimum atomic E-state index is -3.28. The van der Waals surface area contributed by atoms with Gasteiger partial charge in [0.25, 0.3) is 5.91 Å². The molecule has 4 nitrogen and oxygen atoms in total. The molecule has 1 atom stereocenters. The topological polar surface area (TPSA) is 63.2 Å². The molecule has 0 aliphatic carbocycles. The molecule has 1 unspecified atom stereocenters. The summed E-state index contributed by atoms with van der Waals surface area (Å²) in [6.07, 6.45) is 2.03. The second-order valence-corrected chi connectivity index (χ2v) is 7.33. The average Bonchev–Trinajstić information content (AvgIpc) is 2.34. The second-order valence-electron chi connectivity index (χ2n) is 4.02. The van der Waals surface area contributed by atoms with Crippen LogP contribution < -0.4 is 5.32 Å². The van der Waals surface area contributed by atoms with E-state index in [0.29, 0.717) is 12.1 Å². The minimum Gasteiger partial charge on any atom is -0.351 e. The van der Waals surface area contributed by atoms with Gasteiger partial charge >= 0.3 is 0 Å². The lowest BCUT2D eigenvalue weighted by molar-refractivity contribution is 0.0953. The zero-order valence-corrected chi connectivity index (χ0v) is 12.7. The molecule has 1 amide bonds. The van der Waals surface area contributed by atoms with Crippen molar-refractivity contribution >= 4 is 31.7 Å². The lowest BCUT2D eigenvalue weighted by Crippen LogP contribution is -2.29. The molecule has 0 heterocycles. The summed E-state index contributed by atoms with van der Waals surface area (Å²) in [5.41, 5.74) is 0.355. The predicted molar refractivity (Wildman–Crippen MR) is 74.9 cm³/mol. The zero-order chi connectivity index (χ0) is 13.8. The van der Waals surface area contributed by atoms with Crippen LogP contribution in [0.5, 0.6) is 0 Å². The molecule has 0 radical (unpaired) electrons. The van der Waals surface area contributed by atoms with E-state index < -0.39 is 9.84 Å². The Morgan fingerprint density at radius 2 is 2.11 bits per heavy atom. The van der Waals surface area contributed by atoms with Crippen LogP contribution in [0.25, 0.3) is 0 Å². The van der Waals surface area contributed by atoms with Crippen molar-refractivity contribution in [2.45, 2.75) is 23.1 Å². The molecule has 0 spiro atoms. The molecule has 0 bridgehead atoms. The third-order valence-corrected chi connectivity index (χ3v) is 4.53. The average molecular weight is 334 g/mol. The van der Waals surface area contributed by atoms with Gasteiger partial charge in [-0.1, -0.05) is 28.9 Å². The monoisotopic (exact) mass is 333 g/mol. The Morgan fingerprint density at radius 1 is 1.44 bits per heavy atom. The number of halogens is 1. The van der Waals surface area contributed by atoms with E-state index in [0.717, 1.165) is 12.7 Å². The maximum absolute atomic E-state index is 11.8. The van der Waals surface area contributed by atoms with Crippen LogP contribution >= 0.6 is 15.9 Å². The Bertz CT molecular complexity index is 528. The van der Waals surface area contributed by atoms with Gasteiger partial charge in [-0.05, 0) is 24.6 Å². The summed E-state index contributed by atoms with van der Waals surface area (Å²) in [7, 11) is -3.28. The third kappa shape index (κ3) is 4.42. The zero-order valence-electron chi connectivity index (χ0n) is 10.3. The number of carbonyl (C=O) groups is 1. The fourth-order valence-electron chi connectivity index (χ4n) is 1.32. The van der Waals surface area contributed by atoms with Crippen LogP contribution in [0.3, 0.4) is 0 Å². The Kier molecular flexibility index (Phi) is 5.34. The van der Waals surface area contributed by atoms with Crippen molar-refractivity contribution < 1.29 is 13.2 Å². The highest BCUT2D eigenvalue weighted by molar-refractivity contribution is 9.09. The van der Waals surface area contributed by atoms with E-state index >= 15 is 0 Å². The summed E-state index contributed by atoms with van der Waals surface area (Å²) in [5, 5.41) is 2.75. The van der Waals surface area contributed by atoms with Gasteiger partial charge in [-0.3, -0.25) is 4.79 Å². The molecule has 1 N–H and O–H groups in total. The Morgan fingerprint density at radius 3 is 2.67 bits per heavy atom. The van der Waals surface area contributed by atoms with Gasteiger partial charge in [-0.15, -0.1) is 0 Å². The maximum Gasteiger partial charge on any atom is 0.251 e. The van der Waals surface area contributed by atoms with E-state index in [9.17, 15) is 13.2 Å². The fraction of sp³-hybridized carbons (Fsp3) is 0.417. The van der Waals surface area contributed by atoms with Gasteiger partial charge in [-0.25, -0.2) is 8.42 Å². The Hall–Kier alpha value is -0.880. The number of hydrogen-bond donors (Lipinski definition) is 1. The van der Waals surface area contributed by atoms with E-state index in [1.165, 1.54) is 12.1 Å². The van der Waals surface area contributed by atoms with Crippen molar-refractivity contribution in [2.24, 2.45) is 0 Å². The molecule has 1 aromatic rings. The number of hydrogen-bond acceptors (Lipinski definition) is 3. The molecule has 0 saturated carbocycles. The molecule has 0 saturated heterocycles. The normalized spacial score (nSPS) is 13.1. The van der Waals surface area contributed by atoms with Crippen molar-refractivity contribution in [3.05, 3.63) is 29.8 Å². The van der Waals surface area contributed by atoms with Crippen molar-refractivity contribution in [3.8, 4) is 0 Å². The van der Waals surface area contributed by atoms with Crippen molar-refractivity contribution in [3.63, 3.8) is 0 Å². The molecule has 1 rings (SSSR count). The fourth-order valence-corrected chi connectivity index (χ4v) is 2.15.